The quantitative estimate of drug-likeness (QED) is 0.307. The van der Waals surface area contributed by atoms with Crippen LogP contribution in [-0.2, 0) is 4.79 Å². The zero-order valence-corrected chi connectivity index (χ0v) is 19.8. The van der Waals surface area contributed by atoms with Crippen molar-refractivity contribution in [2.24, 2.45) is 0 Å². The minimum atomic E-state index is -0.505. The highest BCUT2D eigenvalue weighted by atomic mass is 35.5. The Balaban J connectivity index is 2.07. The number of hydrogen-bond donors (Lipinski definition) is 5. The molecule has 2 amide bonds. The summed E-state index contributed by atoms with van der Waals surface area (Å²) < 4.78 is 0. The minimum absolute atomic E-state index is 0.144. The number of halogens is 1. The number of nitrogens with one attached hydrogen (secondary N) is 5. The summed E-state index contributed by atoms with van der Waals surface area (Å²) in [5, 5.41) is 19.7. The lowest BCUT2D eigenvalue weighted by molar-refractivity contribution is -0.117. The van der Waals surface area contributed by atoms with Crippen LogP contribution in [0.25, 0.3) is 11.3 Å². The van der Waals surface area contributed by atoms with Gasteiger partial charge in [-0.1, -0.05) is 11.6 Å². The van der Waals surface area contributed by atoms with Crippen molar-refractivity contribution >= 4 is 46.5 Å². The van der Waals surface area contributed by atoms with Crippen LogP contribution in [0.2, 0.25) is 5.02 Å². The van der Waals surface area contributed by atoms with E-state index in [-0.39, 0.29) is 28.9 Å². The molecule has 3 aromatic rings. The Morgan fingerprint density at radius 1 is 1.06 bits per heavy atom. The first-order chi connectivity index (χ1) is 16.2. The van der Waals surface area contributed by atoms with E-state index in [0.717, 1.165) is 0 Å². The average molecular weight is 482 g/mol. The normalized spacial score (nSPS) is 11.4. The summed E-state index contributed by atoms with van der Waals surface area (Å²) >= 11 is 5.85. The van der Waals surface area contributed by atoms with E-state index in [0.29, 0.717) is 27.7 Å². The van der Waals surface area contributed by atoms with E-state index in [1.165, 1.54) is 18.6 Å². The van der Waals surface area contributed by atoms with Crippen LogP contribution in [0.5, 0.6) is 0 Å². The van der Waals surface area contributed by atoms with E-state index in [2.05, 4.69) is 41.2 Å². The summed E-state index contributed by atoms with van der Waals surface area (Å²) in [7, 11) is 3.36. The van der Waals surface area contributed by atoms with Gasteiger partial charge in [0, 0.05) is 18.8 Å². The van der Waals surface area contributed by atoms with Gasteiger partial charge in [-0.3, -0.25) is 9.59 Å². The molecule has 0 spiro atoms. The molecule has 1 unspecified atom stereocenters. The molecular formula is C22H24ClN9O2. The highest BCUT2D eigenvalue weighted by molar-refractivity contribution is 6.30. The van der Waals surface area contributed by atoms with E-state index in [1.807, 2.05) is 0 Å². The fourth-order valence-corrected chi connectivity index (χ4v) is 3.09. The standard InChI is InChI=1S/C22H24ClN9O2/c1-11(24)18-20(26-4)19(29-10-28-18)13-7-16(31-21(33)12(2)25-3)30-17(8-13)32-22(34)15-6-5-14(23)9-27-15/h5-10,12,24-26H,1-4H3,(H2,30,31,32,33,34). The third kappa shape index (κ3) is 5.69. The Hall–Kier alpha value is -3.96. The van der Waals surface area contributed by atoms with Gasteiger partial charge in [-0.15, -0.1) is 0 Å². The lowest BCUT2D eigenvalue weighted by Gasteiger charge is -2.15. The first kappa shape index (κ1) is 24.7. The SMILES string of the molecule is CNc1c(C(C)=N)ncnc1-c1cc(NC(=O)c2ccc(Cl)cn2)nc(NC(=O)C(C)NC)c1. The summed E-state index contributed by atoms with van der Waals surface area (Å²) in [5.41, 5.74) is 2.36. The Morgan fingerprint density at radius 2 is 1.76 bits per heavy atom. The van der Waals surface area contributed by atoms with Gasteiger partial charge in [0.25, 0.3) is 5.91 Å². The second kappa shape index (κ2) is 10.8. The topological polar surface area (TPSA) is 158 Å². The van der Waals surface area contributed by atoms with Crippen molar-refractivity contribution in [1.82, 2.24) is 25.3 Å². The molecule has 5 N–H and O–H groups in total. The molecule has 0 bridgehead atoms. The third-order valence-corrected chi connectivity index (χ3v) is 5.05. The van der Waals surface area contributed by atoms with Crippen molar-refractivity contribution in [1.29, 1.82) is 5.41 Å². The number of likely N-dealkylation sites (N-methyl/N-ethyl adjacent to an activating group) is 1. The predicted octanol–water partition coefficient (Wildman–Crippen LogP) is 2.82. The molecule has 0 aliphatic rings. The van der Waals surface area contributed by atoms with Crippen LogP contribution in [0.15, 0.2) is 36.8 Å². The molecule has 0 fully saturated rings. The zero-order chi connectivity index (χ0) is 24.8. The van der Waals surface area contributed by atoms with Crippen molar-refractivity contribution in [3.05, 3.63) is 53.2 Å². The molecule has 34 heavy (non-hydrogen) atoms. The molecule has 0 saturated heterocycles. The summed E-state index contributed by atoms with van der Waals surface area (Å²) in [5.74, 6) is -0.440. The van der Waals surface area contributed by atoms with Gasteiger partial charge in [0.05, 0.1) is 28.2 Å². The molecule has 176 valence electrons. The maximum atomic E-state index is 12.7. The van der Waals surface area contributed by atoms with Gasteiger partial charge in [-0.05, 0) is 45.2 Å². The maximum absolute atomic E-state index is 12.7. The lowest BCUT2D eigenvalue weighted by Crippen LogP contribution is -2.35. The molecule has 0 aliphatic carbocycles. The molecule has 11 nitrogen and oxygen atoms in total. The van der Waals surface area contributed by atoms with E-state index < -0.39 is 11.9 Å². The van der Waals surface area contributed by atoms with Crippen LogP contribution in [-0.4, -0.2) is 57.6 Å². The van der Waals surface area contributed by atoms with Crippen molar-refractivity contribution in [3.63, 3.8) is 0 Å². The highest BCUT2D eigenvalue weighted by Gasteiger charge is 2.18. The first-order valence-electron chi connectivity index (χ1n) is 10.2. The summed E-state index contributed by atoms with van der Waals surface area (Å²) in [6.45, 7) is 3.33. The average Bonchev–Trinajstić information content (AvgIpc) is 2.82. The minimum Gasteiger partial charge on any atom is -0.385 e. The number of rotatable bonds is 8. The van der Waals surface area contributed by atoms with Gasteiger partial charge in [0.2, 0.25) is 5.91 Å². The summed E-state index contributed by atoms with van der Waals surface area (Å²) in [6.07, 6.45) is 2.72. The third-order valence-electron chi connectivity index (χ3n) is 4.83. The number of carbonyl (C=O) groups excluding carboxylic acids is 2. The lowest BCUT2D eigenvalue weighted by atomic mass is 10.1. The molecule has 0 aliphatic heterocycles. The Morgan fingerprint density at radius 3 is 2.35 bits per heavy atom. The molecule has 0 saturated carbocycles. The van der Waals surface area contributed by atoms with Crippen LogP contribution in [0.3, 0.4) is 0 Å². The smallest absolute Gasteiger partial charge is 0.275 e. The zero-order valence-electron chi connectivity index (χ0n) is 19.0. The van der Waals surface area contributed by atoms with E-state index in [9.17, 15) is 9.59 Å². The molecular weight excluding hydrogens is 458 g/mol. The summed E-state index contributed by atoms with van der Waals surface area (Å²) in [6, 6.07) is 5.81. The molecule has 0 aromatic carbocycles. The Labute approximate surface area is 201 Å². The first-order valence-corrected chi connectivity index (χ1v) is 10.6. The molecule has 1 atom stereocenters. The number of hydrogen-bond acceptors (Lipinski definition) is 9. The monoisotopic (exact) mass is 481 g/mol. The van der Waals surface area contributed by atoms with Crippen molar-refractivity contribution in [3.8, 4) is 11.3 Å². The molecule has 3 heterocycles. The van der Waals surface area contributed by atoms with Crippen LogP contribution in [0.1, 0.15) is 30.0 Å². The molecule has 3 aromatic heterocycles. The van der Waals surface area contributed by atoms with Crippen LogP contribution in [0.4, 0.5) is 17.3 Å². The van der Waals surface area contributed by atoms with E-state index in [4.69, 9.17) is 17.0 Å². The predicted molar refractivity (Wildman–Crippen MR) is 132 cm³/mol. The molecule has 12 heteroatoms. The van der Waals surface area contributed by atoms with Crippen LogP contribution < -0.4 is 21.3 Å². The molecule has 3 rings (SSSR count). The van der Waals surface area contributed by atoms with Crippen LogP contribution >= 0.6 is 11.6 Å². The van der Waals surface area contributed by atoms with Crippen LogP contribution in [0, 0.1) is 5.41 Å². The van der Waals surface area contributed by atoms with Crippen molar-refractivity contribution < 1.29 is 9.59 Å². The second-order valence-corrected chi connectivity index (χ2v) is 7.70. The van der Waals surface area contributed by atoms with E-state index in [1.54, 1.807) is 46.1 Å². The summed E-state index contributed by atoms with van der Waals surface area (Å²) in [4.78, 5) is 42.1. The Kier molecular flexibility index (Phi) is 7.82. The number of amides is 2. The highest BCUT2D eigenvalue weighted by Crippen LogP contribution is 2.31. The largest absolute Gasteiger partial charge is 0.385 e. The molecule has 0 radical (unpaired) electrons. The number of nitrogens with zero attached hydrogens (tertiary/aromatic N) is 4. The number of aromatic nitrogens is 4. The van der Waals surface area contributed by atoms with Gasteiger partial charge in [-0.2, -0.15) is 0 Å². The maximum Gasteiger partial charge on any atom is 0.275 e. The fraction of sp³-hybridized carbons (Fsp3) is 0.227. The van der Waals surface area contributed by atoms with Crippen molar-refractivity contribution in [2.45, 2.75) is 19.9 Å². The fourth-order valence-electron chi connectivity index (χ4n) is 2.98. The van der Waals surface area contributed by atoms with E-state index >= 15 is 0 Å². The van der Waals surface area contributed by atoms with Gasteiger partial charge >= 0.3 is 0 Å². The van der Waals surface area contributed by atoms with Gasteiger partial charge < -0.3 is 26.7 Å². The van der Waals surface area contributed by atoms with Gasteiger partial charge in [-0.25, -0.2) is 19.9 Å². The van der Waals surface area contributed by atoms with Gasteiger partial charge in [0.15, 0.2) is 0 Å². The number of anilines is 3. The van der Waals surface area contributed by atoms with Gasteiger partial charge in [0.1, 0.15) is 29.4 Å². The Bertz CT molecular complexity index is 1230. The number of pyridine rings is 2. The number of carbonyl (C=O) groups is 2. The van der Waals surface area contributed by atoms with Crippen molar-refractivity contribution in [2.75, 3.05) is 30.0 Å². The second-order valence-electron chi connectivity index (χ2n) is 7.26.